The second-order valence-corrected chi connectivity index (χ2v) is 3.20. The van der Waals surface area contributed by atoms with Crippen molar-refractivity contribution in [2.45, 2.75) is 20.4 Å². The molecular formula is C9H16N2O2. The topological polar surface area (TPSA) is 49.5 Å². The molecule has 0 saturated carbocycles. The summed E-state index contributed by atoms with van der Waals surface area (Å²) in [5, 5.41) is 8.70. The van der Waals surface area contributed by atoms with Crippen molar-refractivity contribution in [1.29, 1.82) is 0 Å². The van der Waals surface area contributed by atoms with Crippen LogP contribution >= 0.6 is 0 Å². The van der Waals surface area contributed by atoms with Gasteiger partial charge in [-0.05, 0) is 14.0 Å². The van der Waals surface area contributed by atoms with E-state index in [1.54, 1.807) is 0 Å². The minimum absolute atomic E-state index is 0.169. The van der Waals surface area contributed by atoms with Gasteiger partial charge in [-0.25, -0.2) is 4.98 Å². The van der Waals surface area contributed by atoms with Gasteiger partial charge in [0.2, 0.25) is 0 Å². The van der Waals surface area contributed by atoms with Crippen molar-refractivity contribution in [1.82, 2.24) is 9.88 Å². The number of likely N-dealkylation sites (N-methyl/N-ethyl adjacent to an activating group) is 1. The average Bonchev–Trinajstić information content (AvgIpc) is 2.30. The van der Waals surface area contributed by atoms with E-state index in [1.807, 2.05) is 25.8 Å². The van der Waals surface area contributed by atoms with E-state index in [-0.39, 0.29) is 6.61 Å². The molecule has 1 aromatic heterocycles. The summed E-state index contributed by atoms with van der Waals surface area (Å²) in [6.07, 6.45) is 0. The quantitative estimate of drug-likeness (QED) is 0.749. The van der Waals surface area contributed by atoms with Crippen LogP contribution in [0.5, 0.6) is 0 Å². The minimum atomic E-state index is 0.169. The first-order valence-electron chi connectivity index (χ1n) is 4.35. The maximum absolute atomic E-state index is 8.70. The Hall–Kier alpha value is -0.870. The molecule has 0 radical (unpaired) electrons. The molecule has 0 saturated heterocycles. The van der Waals surface area contributed by atoms with E-state index >= 15 is 0 Å². The summed E-state index contributed by atoms with van der Waals surface area (Å²) in [6, 6.07) is 0. The van der Waals surface area contributed by atoms with Gasteiger partial charge in [-0.15, -0.1) is 0 Å². The molecule has 4 nitrogen and oxygen atoms in total. The number of aliphatic hydroxyl groups is 1. The predicted molar refractivity (Wildman–Crippen MR) is 49.4 cm³/mol. The Kier molecular flexibility index (Phi) is 3.45. The van der Waals surface area contributed by atoms with Crippen LogP contribution in [-0.2, 0) is 6.54 Å². The highest BCUT2D eigenvalue weighted by Crippen LogP contribution is 2.10. The van der Waals surface area contributed by atoms with E-state index in [2.05, 4.69) is 4.98 Å². The monoisotopic (exact) mass is 184 g/mol. The number of hydrogen-bond acceptors (Lipinski definition) is 4. The van der Waals surface area contributed by atoms with E-state index < -0.39 is 0 Å². The fourth-order valence-corrected chi connectivity index (χ4v) is 1.22. The van der Waals surface area contributed by atoms with Crippen LogP contribution in [0.25, 0.3) is 0 Å². The van der Waals surface area contributed by atoms with Crippen molar-refractivity contribution in [2.24, 2.45) is 0 Å². The summed E-state index contributed by atoms with van der Waals surface area (Å²) in [4.78, 5) is 6.16. The summed E-state index contributed by atoms with van der Waals surface area (Å²) in [6.45, 7) is 5.29. The van der Waals surface area contributed by atoms with Crippen LogP contribution in [0.2, 0.25) is 0 Å². The van der Waals surface area contributed by atoms with Gasteiger partial charge in [0, 0.05) is 13.5 Å². The first-order chi connectivity index (χ1) is 6.13. The molecule has 0 bridgehead atoms. The minimum Gasteiger partial charge on any atom is -0.444 e. The lowest BCUT2D eigenvalue weighted by atomic mass is 10.3. The zero-order valence-corrected chi connectivity index (χ0v) is 8.37. The highest BCUT2D eigenvalue weighted by Gasteiger charge is 2.08. The van der Waals surface area contributed by atoms with Gasteiger partial charge in [0.1, 0.15) is 5.76 Å². The highest BCUT2D eigenvalue weighted by molar-refractivity contribution is 5.06. The van der Waals surface area contributed by atoms with Gasteiger partial charge < -0.3 is 9.52 Å². The normalized spacial score (nSPS) is 11.2. The smallest absolute Gasteiger partial charge is 0.191 e. The number of oxazole rings is 1. The first-order valence-corrected chi connectivity index (χ1v) is 4.35. The molecule has 1 heterocycles. The number of aryl methyl sites for hydroxylation is 2. The van der Waals surface area contributed by atoms with E-state index in [9.17, 15) is 0 Å². The van der Waals surface area contributed by atoms with Crippen molar-refractivity contribution in [3.8, 4) is 0 Å². The van der Waals surface area contributed by atoms with Gasteiger partial charge in [-0.1, -0.05) is 0 Å². The molecule has 1 N–H and O–H groups in total. The Balaban J connectivity index is 2.57. The lowest BCUT2D eigenvalue weighted by molar-refractivity contribution is 0.207. The second kappa shape index (κ2) is 4.39. The molecule has 0 aliphatic heterocycles. The van der Waals surface area contributed by atoms with E-state index in [0.717, 1.165) is 11.5 Å². The van der Waals surface area contributed by atoms with Crippen molar-refractivity contribution >= 4 is 0 Å². The molecule has 0 unspecified atom stereocenters. The fraction of sp³-hybridized carbons (Fsp3) is 0.667. The summed E-state index contributed by atoms with van der Waals surface area (Å²) in [5.41, 5.74) is 0.933. The Morgan fingerprint density at radius 3 is 2.62 bits per heavy atom. The zero-order chi connectivity index (χ0) is 9.84. The molecule has 0 amide bonds. The lowest BCUT2D eigenvalue weighted by Gasteiger charge is -2.12. The zero-order valence-electron chi connectivity index (χ0n) is 8.37. The molecule has 0 fully saturated rings. The molecule has 0 spiro atoms. The number of rotatable bonds is 4. The molecule has 1 aromatic rings. The molecular weight excluding hydrogens is 168 g/mol. The summed E-state index contributed by atoms with van der Waals surface area (Å²) in [5.74, 6) is 1.58. The Morgan fingerprint density at radius 1 is 1.46 bits per heavy atom. The molecule has 0 aliphatic carbocycles. The van der Waals surface area contributed by atoms with E-state index in [4.69, 9.17) is 9.52 Å². The third kappa shape index (κ3) is 2.82. The Morgan fingerprint density at radius 2 is 2.15 bits per heavy atom. The van der Waals surface area contributed by atoms with Crippen molar-refractivity contribution in [3.05, 3.63) is 17.3 Å². The number of aromatic nitrogens is 1. The summed E-state index contributed by atoms with van der Waals surface area (Å²) < 4.78 is 5.40. The summed E-state index contributed by atoms with van der Waals surface area (Å²) in [7, 11) is 1.94. The van der Waals surface area contributed by atoms with Gasteiger partial charge in [0.25, 0.3) is 0 Å². The van der Waals surface area contributed by atoms with Gasteiger partial charge in [-0.2, -0.15) is 0 Å². The molecule has 4 heteroatoms. The standard InChI is InChI=1S/C9H16N2O2/c1-7-9(13-8(2)10-7)6-11(3)4-5-12/h12H,4-6H2,1-3H3. The maximum atomic E-state index is 8.70. The van der Waals surface area contributed by atoms with Crippen molar-refractivity contribution in [3.63, 3.8) is 0 Å². The van der Waals surface area contributed by atoms with Gasteiger partial charge in [0.15, 0.2) is 5.89 Å². The number of hydrogen-bond donors (Lipinski definition) is 1. The largest absolute Gasteiger partial charge is 0.444 e. The van der Waals surface area contributed by atoms with Crippen LogP contribution in [0.3, 0.4) is 0 Å². The van der Waals surface area contributed by atoms with E-state index in [0.29, 0.717) is 19.0 Å². The van der Waals surface area contributed by atoms with Crippen LogP contribution in [0.1, 0.15) is 17.3 Å². The third-order valence-electron chi connectivity index (χ3n) is 1.89. The maximum Gasteiger partial charge on any atom is 0.191 e. The van der Waals surface area contributed by atoms with Gasteiger partial charge >= 0.3 is 0 Å². The fourth-order valence-electron chi connectivity index (χ4n) is 1.22. The third-order valence-corrected chi connectivity index (χ3v) is 1.89. The van der Waals surface area contributed by atoms with Gasteiger partial charge in [0.05, 0.1) is 18.8 Å². The average molecular weight is 184 g/mol. The molecule has 74 valence electrons. The van der Waals surface area contributed by atoms with Crippen LogP contribution in [0, 0.1) is 13.8 Å². The van der Waals surface area contributed by atoms with Gasteiger partial charge in [-0.3, -0.25) is 4.90 Å². The molecule has 13 heavy (non-hydrogen) atoms. The molecule has 0 aliphatic rings. The predicted octanol–water partition coefficient (Wildman–Crippen LogP) is 0.716. The van der Waals surface area contributed by atoms with Crippen molar-refractivity contribution in [2.75, 3.05) is 20.2 Å². The number of nitrogens with zero attached hydrogens (tertiary/aromatic N) is 2. The summed E-state index contributed by atoms with van der Waals surface area (Å²) >= 11 is 0. The Labute approximate surface area is 78.2 Å². The van der Waals surface area contributed by atoms with Crippen LogP contribution in [0.4, 0.5) is 0 Å². The highest BCUT2D eigenvalue weighted by atomic mass is 16.4. The molecule has 0 atom stereocenters. The van der Waals surface area contributed by atoms with Crippen LogP contribution in [0.15, 0.2) is 4.42 Å². The molecule has 0 aromatic carbocycles. The molecule has 1 rings (SSSR count). The Bertz CT molecular complexity index is 271. The second-order valence-electron chi connectivity index (χ2n) is 3.20. The number of aliphatic hydroxyl groups excluding tert-OH is 1. The van der Waals surface area contributed by atoms with Crippen LogP contribution in [-0.4, -0.2) is 35.2 Å². The van der Waals surface area contributed by atoms with Crippen molar-refractivity contribution < 1.29 is 9.52 Å². The lowest BCUT2D eigenvalue weighted by Crippen LogP contribution is -2.21. The van der Waals surface area contributed by atoms with Crippen LogP contribution < -0.4 is 0 Å². The first kappa shape index (κ1) is 10.2. The SMILES string of the molecule is Cc1nc(C)c(CN(C)CCO)o1. The van der Waals surface area contributed by atoms with E-state index in [1.165, 1.54) is 0 Å².